The van der Waals surface area contributed by atoms with Gasteiger partial charge in [-0.05, 0) is 38.1 Å². The molecule has 2 aromatic carbocycles. The molecule has 0 aliphatic rings. The maximum Gasteiger partial charge on any atom is 0.138 e. The van der Waals surface area contributed by atoms with Crippen LogP contribution in [0.5, 0.6) is 11.5 Å². The zero-order valence-electron chi connectivity index (χ0n) is 12.3. The van der Waals surface area contributed by atoms with Crippen LogP contribution in [0.2, 0.25) is 5.02 Å². The van der Waals surface area contributed by atoms with Crippen LogP contribution in [0.1, 0.15) is 13.8 Å². The van der Waals surface area contributed by atoms with Crippen molar-refractivity contribution in [1.29, 1.82) is 0 Å². The average Bonchev–Trinajstić information content (AvgIpc) is 2.48. The van der Waals surface area contributed by atoms with Crippen molar-refractivity contribution in [2.45, 2.75) is 20.0 Å². The lowest BCUT2D eigenvalue weighted by atomic mass is 10.3. The average molecular weight is 306 g/mol. The molecule has 0 saturated heterocycles. The third-order valence-electron chi connectivity index (χ3n) is 2.90. The number of halogens is 1. The van der Waals surface area contributed by atoms with Gasteiger partial charge in [0.2, 0.25) is 0 Å². The number of hydrogen-bond donors (Lipinski definition) is 1. The fourth-order valence-electron chi connectivity index (χ4n) is 1.92. The van der Waals surface area contributed by atoms with Crippen molar-refractivity contribution in [3.8, 4) is 11.5 Å². The maximum atomic E-state index is 6.08. The highest BCUT2D eigenvalue weighted by atomic mass is 35.5. The summed E-state index contributed by atoms with van der Waals surface area (Å²) >= 11 is 6.08. The molecule has 0 amide bonds. The fourth-order valence-corrected chi connectivity index (χ4v) is 2.10. The van der Waals surface area contributed by atoms with E-state index in [-0.39, 0.29) is 6.10 Å². The van der Waals surface area contributed by atoms with E-state index in [1.807, 2.05) is 62.4 Å². The van der Waals surface area contributed by atoms with Gasteiger partial charge in [0, 0.05) is 11.8 Å². The summed E-state index contributed by atoms with van der Waals surface area (Å²) < 4.78 is 11.3. The predicted octanol–water partition coefficient (Wildman–Crippen LogP) is 4.62. The van der Waals surface area contributed by atoms with Crippen LogP contribution in [0.4, 0.5) is 5.69 Å². The van der Waals surface area contributed by atoms with Gasteiger partial charge in [0.15, 0.2) is 0 Å². The summed E-state index contributed by atoms with van der Waals surface area (Å²) in [6.07, 6.45) is 0.000602. The van der Waals surface area contributed by atoms with E-state index in [2.05, 4.69) is 5.32 Å². The molecule has 0 aromatic heterocycles. The van der Waals surface area contributed by atoms with Crippen molar-refractivity contribution in [3.05, 3.63) is 53.6 Å². The monoisotopic (exact) mass is 305 g/mol. The zero-order valence-corrected chi connectivity index (χ0v) is 13.1. The third kappa shape index (κ3) is 4.87. The van der Waals surface area contributed by atoms with Gasteiger partial charge in [-0.1, -0.05) is 29.8 Å². The summed E-state index contributed by atoms with van der Waals surface area (Å²) in [6, 6.07) is 15.4. The highest BCUT2D eigenvalue weighted by Crippen LogP contribution is 2.24. The Kier molecular flexibility index (Phi) is 5.76. The lowest BCUT2D eigenvalue weighted by Gasteiger charge is -2.17. The minimum absolute atomic E-state index is 0.000602. The molecule has 2 aromatic rings. The minimum atomic E-state index is 0.000602. The second-order valence-corrected chi connectivity index (χ2v) is 5.11. The molecule has 1 unspecified atom stereocenters. The summed E-state index contributed by atoms with van der Waals surface area (Å²) in [5.74, 6) is 1.57. The van der Waals surface area contributed by atoms with Crippen LogP contribution in [0, 0.1) is 0 Å². The normalized spacial score (nSPS) is 11.8. The first kappa shape index (κ1) is 15.5. The molecule has 0 aliphatic carbocycles. The number of rotatable bonds is 7. The predicted molar refractivity (Wildman–Crippen MR) is 87.6 cm³/mol. The molecule has 0 saturated carbocycles. The number of hydrogen-bond acceptors (Lipinski definition) is 3. The van der Waals surface area contributed by atoms with Crippen LogP contribution < -0.4 is 14.8 Å². The second kappa shape index (κ2) is 7.79. The minimum Gasteiger partial charge on any atom is -0.494 e. The SMILES string of the molecule is CCOc1cccc(NCC(C)Oc2ccccc2Cl)c1. The second-order valence-electron chi connectivity index (χ2n) is 4.70. The van der Waals surface area contributed by atoms with E-state index in [0.29, 0.717) is 23.9 Å². The molecule has 0 bridgehead atoms. The Labute approximate surface area is 130 Å². The molecule has 0 aliphatic heterocycles. The largest absolute Gasteiger partial charge is 0.494 e. The van der Waals surface area contributed by atoms with Gasteiger partial charge in [0.25, 0.3) is 0 Å². The Morgan fingerprint density at radius 2 is 1.95 bits per heavy atom. The first-order valence-electron chi connectivity index (χ1n) is 7.07. The summed E-state index contributed by atoms with van der Waals surface area (Å²) in [5.41, 5.74) is 1.01. The third-order valence-corrected chi connectivity index (χ3v) is 3.22. The number of ether oxygens (including phenoxy) is 2. The van der Waals surface area contributed by atoms with Crippen LogP contribution in [-0.4, -0.2) is 19.3 Å². The van der Waals surface area contributed by atoms with E-state index in [9.17, 15) is 0 Å². The lowest BCUT2D eigenvalue weighted by molar-refractivity contribution is 0.235. The molecular formula is C17H20ClNO2. The lowest BCUT2D eigenvalue weighted by Crippen LogP contribution is -2.22. The molecule has 3 nitrogen and oxygen atoms in total. The van der Waals surface area contributed by atoms with Crippen LogP contribution >= 0.6 is 11.6 Å². The van der Waals surface area contributed by atoms with Crippen molar-refractivity contribution in [2.24, 2.45) is 0 Å². The quantitative estimate of drug-likeness (QED) is 0.809. The van der Waals surface area contributed by atoms with Crippen molar-refractivity contribution in [2.75, 3.05) is 18.5 Å². The van der Waals surface area contributed by atoms with E-state index in [4.69, 9.17) is 21.1 Å². The van der Waals surface area contributed by atoms with Gasteiger partial charge < -0.3 is 14.8 Å². The van der Waals surface area contributed by atoms with Gasteiger partial charge >= 0.3 is 0 Å². The Bertz CT molecular complexity index is 574. The molecule has 112 valence electrons. The highest BCUT2D eigenvalue weighted by molar-refractivity contribution is 6.32. The van der Waals surface area contributed by atoms with Crippen LogP contribution in [0.25, 0.3) is 0 Å². The van der Waals surface area contributed by atoms with Gasteiger partial charge in [-0.3, -0.25) is 0 Å². The highest BCUT2D eigenvalue weighted by Gasteiger charge is 2.07. The summed E-state index contributed by atoms with van der Waals surface area (Å²) in [4.78, 5) is 0. The van der Waals surface area contributed by atoms with Crippen molar-refractivity contribution >= 4 is 17.3 Å². The number of benzene rings is 2. The summed E-state index contributed by atoms with van der Waals surface area (Å²) in [5, 5.41) is 3.96. The van der Waals surface area contributed by atoms with E-state index in [0.717, 1.165) is 11.4 Å². The van der Waals surface area contributed by atoms with E-state index in [1.165, 1.54) is 0 Å². The maximum absolute atomic E-state index is 6.08. The van der Waals surface area contributed by atoms with E-state index >= 15 is 0 Å². The Morgan fingerprint density at radius 3 is 2.71 bits per heavy atom. The number of nitrogens with one attached hydrogen (secondary N) is 1. The fraction of sp³-hybridized carbons (Fsp3) is 0.294. The molecular weight excluding hydrogens is 286 g/mol. The number of para-hydroxylation sites is 1. The number of anilines is 1. The van der Waals surface area contributed by atoms with Gasteiger partial charge in [-0.15, -0.1) is 0 Å². The molecule has 1 atom stereocenters. The molecule has 2 rings (SSSR count). The van der Waals surface area contributed by atoms with Crippen LogP contribution in [0.3, 0.4) is 0 Å². The summed E-state index contributed by atoms with van der Waals surface area (Å²) in [7, 11) is 0. The molecule has 0 spiro atoms. The van der Waals surface area contributed by atoms with Crippen molar-refractivity contribution in [3.63, 3.8) is 0 Å². The standard InChI is InChI=1S/C17H20ClNO2/c1-3-20-15-8-6-7-14(11-15)19-12-13(2)21-17-10-5-4-9-16(17)18/h4-11,13,19H,3,12H2,1-2H3. The van der Waals surface area contributed by atoms with Gasteiger partial charge in [0.05, 0.1) is 18.2 Å². The van der Waals surface area contributed by atoms with Crippen molar-refractivity contribution < 1.29 is 9.47 Å². The topological polar surface area (TPSA) is 30.5 Å². The molecule has 0 fully saturated rings. The van der Waals surface area contributed by atoms with Crippen LogP contribution in [-0.2, 0) is 0 Å². The van der Waals surface area contributed by atoms with E-state index < -0.39 is 0 Å². The molecule has 0 heterocycles. The Morgan fingerprint density at radius 1 is 1.14 bits per heavy atom. The zero-order chi connectivity index (χ0) is 15.1. The van der Waals surface area contributed by atoms with Crippen LogP contribution in [0.15, 0.2) is 48.5 Å². The van der Waals surface area contributed by atoms with Gasteiger partial charge in [-0.2, -0.15) is 0 Å². The molecule has 0 radical (unpaired) electrons. The molecule has 4 heteroatoms. The first-order valence-corrected chi connectivity index (χ1v) is 7.44. The Hall–Kier alpha value is -1.87. The Balaban J connectivity index is 1.88. The smallest absolute Gasteiger partial charge is 0.138 e. The van der Waals surface area contributed by atoms with Crippen molar-refractivity contribution in [1.82, 2.24) is 0 Å². The molecule has 21 heavy (non-hydrogen) atoms. The molecule has 1 N–H and O–H groups in total. The first-order chi connectivity index (χ1) is 10.2. The van der Waals surface area contributed by atoms with Gasteiger partial charge in [0.1, 0.15) is 17.6 Å². The van der Waals surface area contributed by atoms with Gasteiger partial charge in [-0.25, -0.2) is 0 Å². The van der Waals surface area contributed by atoms with E-state index in [1.54, 1.807) is 0 Å². The summed E-state index contributed by atoms with van der Waals surface area (Å²) in [6.45, 7) is 5.32.